The smallest absolute Gasteiger partial charge is 0.0470 e. The highest BCUT2D eigenvalue weighted by Crippen LogP contribution is 2.23. The van der Waals surface area contributed by atoms with E-state index in [1.165, 1.54) is 21.6 Å². The van der Waals surface area contributed by atoms with Gasteiger partial charge in [0.1, 0.15) is 0 Å². The molecule has 1 atom stereocenters. The van der Waals surface area contributed by atoms with Gasteiger partial charge in [-0.25, -0.2) is 0 Å². The standard InChI is InChI=1S/C17H24N2S/c1-13-6-7-14(2)16(11-13)17(12-18)19(3)9-8-15-5-4-10-20-15/h4-7,10-11,17H,8-9,12,18H2,1-3H3. The molecule has 2 rings (SSSR count). The largest absolute Gasteiger partial charge is 0.329 e. The van der Waals surface area contributed by atoms with Crippen LogP contribution in [-0.4, -0.2) is 25.0 Å². The number of nitrogens with zero attached hydrogens (tertiary/aromatic N) is 1. The molecule has 0 spiro atoms. The van der Waals surface area contributed by atoms with Crippen LogP contribution in [0.3, 0.4) is 0 Å². The fourth-order valence-electron chi connectivity index (χ4n) is 2.56. The number of hydrogen-bond acceptors (Lipinski definition) is 3. The third-order valence-corrected chi connectivity index (χ3v) is 4.78. The monoisotopic (exact) mass is 288 g/mol. The van der Waals surface area contributed by atoms with Crippen molar-refractivity contribution in [2.45, 2.75) is 26.3 Å². The first-order valence-corrected chi connectivity index (χ1v) is 7.99. The summed E-state index contributed by atoms with van der Waals surface area (Å²) < 4.78 is 0. The molecule has 0 saturated carbocycles. The fourth-order valence-corrected chi connectivity index (χ4v) is 3.26. The molecular weight excluding hydrogens is 264 g/mol. The fraction of sp³-hybridized carbons (Fsp3) is 0.412. The van der Waals surface area contributed by atoms with Crippen molar-refractivity contribution >= 4 is 11.3 Å². The lowest BCUT2D eigenvalue weighted by Gasteiger charge is -2.28. The molecule has 20 heavy (non-hydrogen) atoms. The van der Waals surface area contributed by atoms with Gasteiger partial charge >= 0.3 is 0 Å². The third-order valence-electron chi connectivity index (χ3n) is 3.84. The summed E-state index contributed by atoms with van der Waals surface area (Å²) in [6.45, 7) is 6.01. The van der Waals surface area contributed by atoms with Gasteiger partial charge in [-0.15, -0.1) is 11.3 Å². The topological polar surface area (TPSA) is 29.3 Å². The Labute approximate surface area is 126 Å². The lowest BCUT2D eigenvalue weighted by molar-refractivity contribution is 0.253. The Morgan fingerprint density at radius 1 is 1.25 bits per heavy atom. The van der Waals surface area contributed by atoms with Crippen molar-refractivity contribution in [2.24, 2.45) is 5.73 Å². The maximum absolute atomic E-state index is 6.03. The molecule has 0 radical (unpaired) electrons. The van der Waals surface area contributed by atoms with E-state index in [0.717, 1.165) is 13.0 Å². The zero-order valence-corrected chi connectivity index (χ0v) is 13.4. The Bertz CT molecular complexity index is 534. The number of aryl methyl sites for hydroxylation is 2. The van der Waals surface area contributed by atoms with Crippen LogP contribution in [0.25, 0.3) is 0 Å². The molecule has 0 aliphatic heterocycles. The van der Waals surface area contributed by atoms with Gasteiger partial charge in [0, 0.05) is 24.0 Å². The van der Waals surface area contributed by atoms with Crippen molar-refractivity contribution in [2.75, 3.05) is 20.1 Å². The van der Waals surface area contributed by atoms with Gasteiger partial charge < -0.3 is 5.73 Å². The first kappa shape index (κ1) is 15.2. The summed E-state index contributed by atoms with van der Waals surface area (Å²) in [5.74, 6) is 0. The van der Waals surface area contributed by atoms with Crippen LogP contribution in [0, 0.1) is 13.8 Å². The molecule has 0 amide bonds. The maximum atomic E-state index is 6.03. The molecule has 1 heterocycles. The molecule has 0 fully saturated rings. The molecule has 2 aromatic rings. The molecule has 108 valence electrons. The summed E-state index contributed by atoms with van der Waals surface area (Å²) in [6, 6.07) is 11.3. The zero-order chi connectivity index (χ0) is 14.5. The second-order valence-corrected chi connectivity index (χ2v) is 6.45. The first-order valence-electron chi connectivity index (χ1n) is 7.11. The van der Waals surface area contributed by atoms with Gasteiger partial charge in [-0.3, -0.25) is 4.90 Å². The highest BCUT2D eigenvalue weighted by Gasteiger charge is 2.17. The van der Waals surface area contributed by atoms with Crippen LogP contribution in [0.5, 0.6) is 0 Å². The minimum Gasteiger partial charge on any atom is -0.329 e. The van der Waals surface area contributed by atoms with Crippen LogP contribution < -0.4 is 5.73 Å². The van der Waals surface area contributed by atoms with E-state index < -0.39 is 0 Å². The molecule has 0 aliphatic rings. The molecule has 0 aliphatic carbocycles. The summed E-state index contributed by atoms with van der Waals surface area (Å²) in [6.07, 6.45) is 1.09. The Morgan fingerprint density at radius 3 is 2.70 bits per heavy atom. The van der Waals surface area contributed by atoms with Crippen LogP contribution in [0.15, 0.2) is 35.7 Å². The maximum Gasteiger partial charge on any atom is 0.0470 e. The Balaban J connectivity index is 2.08. The number of benzene rings is 1. The Kier molecular flexibility index (Phi) is 5.35. The van der Waals surface area contributed by atoms with Crippen LogP contribution in [-0.2, 0) is 6.42 Å². The van der Waals surface area contributed by atoms with Gasteiger partial charge in [-0.2, -0.15) is 0 Å². The van der Waals surface area contributed by atoms with Crippen molar-refractivity contribution in [3.63, 3.8) is 0 Å². The summed E-state index contributed by atoms with van der Waals surface area (Å²) in [5.41, 5.74) is 10.0. The summed E-state index contributed by atoms with van der Waals surface area (Å²) in [7, 11) is 2.17. The van der Waals surface area contributed by atoms with Crippen molar-refractivity contribution in [3.05, 3.63) is 57.3 Å². The van der Waals surface area contributed by atoms with E-state index >= 15 is 0 Å². The van der Waals surface area contributed by atoms with Crippen molar-refractivity contribution in [1.29, 1.82) is 0 Å². The van der Waals surface area contributed by atoms with E-state index in [-0.39, 0.29) is 0 Å². The number of hydrogen-bond donors (Lipinski definition) is 1. The SMILES string of the molecule is Cc1ccc(C)c(C(CN)N(C)CCc2cccs2)c1. The van der Waals surface area contributed by atoms with E-state index in [0.29, 0.717) is 12.6 Å². The minimum atomic E-state index is 0.301. The molecule has 1 aromatic carbocycles. The number of likely N-dealkylation sites (N-methyl/N-ethyl adjacent to an activating group) is 1. The van der Waals surface area contributed by atoms with Gasteiger partial charge in [-0.1, -0.05) is 29.8 Å². The van der Waals surface area contributed by atoms with E-state index in [1.54, 1.807) is 0 Å². The van der Waals surface area contributed by atoms with Crippen LogP contribution in [0.4, 0.5) is 0 Å². The molecule has 0 bridgehead atoms. The van der Waals surface area contributed by atoms with Gasteiger partial charge in [0.15, 0.2) is 0 Å². The predicted molar refractivity (Wildman–Crippen MR) is 88.4 cm³/mol. The second-order valence-electron chi connectivity index (χ2n) is 5.42. The minimum absolute atomic E-state index is 0.301. The lowest BCUT2D eigenvalue weighted by atomic mass is 9.98. The second kappa shape index (κ2) is 7.02. The average molecular weight is 288 g/mol. The molecule has 3 heteroatoms. The summed E-state index contributed by atoms with van der Waals surface area (Å²) >= 11 is 1.83. The summed E-state index contributed by atoms with van der Waals surface area (Å²) in [5, 5.41) is 2.14. The van der Waals surface area contributed by atoms with Gasteiger partial charge in [0.25, 0.3) is 0 Å². The summed E-state index contributed by atoms with van der Waals surface area (Å²) in [4.78, 5) is 3.81. The Hall–Kier alpha value is -1.16. The van der Waals surface area contributed by atoms with Crippen molar-refractivity contribution in [3.8, 4) is 0 Å². The zero-order valence-electron chi connectivity index (χ0n) is 12.6. The molecular formula is C17H24N2S. The first-order chi connectivity index (χ1) is 9.61. The van der Waals surface area contributed by atoms with Crippen LogP contribution in [0.2, 0.25) is 0 Å². The molecule has 1 aromatic heterocycles. The van der Waals surface area contributed by atoms with E-state index in [1.807, 2.05) is 11.3 Å². The normalized spacial score (nSPS) is 12.8. The van der Waals surface area contributed by atoms with Crippen LogP contribution in [0.1, 0.15) is 27.6 Å². The molecule has 2 N–H and O–H groups in total. The van der Waals surface area contributed by atoms with Gasteiger partial charge in [-0.05, 0) is 49.9 Å². The van der Waals surface area contributed by atoms with Crippen LogP contribution >= 0.6 is 11.3 Å². The Morgan fingerprint density at radius 2 is 2.05 bits per heavy atom. The van der Waals surface area contributed by atoms with Crippen molar-refractivity contribution < 1.29 is 0 Å². The number of nitrogens with two attached hydrogens (primary N) is 1. The predicted octanol–water partition coefficient (Wildman–Crippen LogP) is 3.54. The third kappa shape index (κ3) is 3.69. The molecule has 1 unspecified atom stereocenters. The molecule has 0 saturated heterocycles. The van der Waals surface area contributed by atoms with Gasteiger partial charge in [0.2, 0.25) is 0 Å². The van der Waals surface area contributed by atoms with E-state index in [4.69, 9.17) is 5.73 Å². The average Bonchev–Trinajstić information content (AvgIpc) is 2.94. The van der Waals surface area contributed by atoms with E-state index in [2.05, 4.69) is 61.5 Å². The van der Waals surface area contributed by atoms with E-state index in [9.17, 15) is 0 Å². The highest BCUT2D eigenvalue weighted by molar-refractivity contribution is 7.09. The highest BCUT2D eigenvalue weighted by atomic mass is 32.1. The van der Waals surface area contributed by atoms with Crippen molar-refractivity contribution in [1.82, 2.24) is 4.90 Å². The quantitative estimate of drug-likeness (QED) is 0.881. The lowest BCUT2D eigenvalue weighted by Crippen LogP contribution is -2.32. The molecule has 2 nitrogen and oxygen atoms in total. The number of rotatable bonds is 6. The van der Waals surface area contributed by atoms with Gasteiger partial charge in [0.05, 0.1) is 0 Å². The number of thiophene rings is 1.